The summed E-state index contributed by atoms with van der Waals surface area (Å²) in [6.45, 7) is 3.92. The number of carbonyl (C=O) groups is 1. The van der Waals surface area contributed by atoms with E-state index in [1.165, 1.54) is 0 Å². The van der Waals surface area contributed by atoms with E-state index in [0.717, 1.165) is 29.5 Å². The number of aliphatic hydroxyl groups excluding tert-OH is 1. The first-order chi connectivity index (χ1) is 15.4. The zero-order valence-electron chi connectivity index (χ0n) is 17.8. The van der Waals surface area contributed by atoms with Crippen molar-refractivity contribution in [1.82, 2.24) is 9.97 Å². The van der Waals surface area contributed by atoms with Gasteiger partial charge in [-0.2, -0.15) is 0 Å². The molecule has 6 nitrogen and oxygen atoms in total. The Bertz CT molecular complexity index is 1240. The van der Waals surface area contributed by atoms with E-state index in [1.54, 1.807) is 24.4 Å². The molecule has 2 saturated heterocycles. The third-order valence-corrected chi connectivity index (χ3v) is 7.52. The number of hydrogen-bond donors (Lipinski definition) is 1. The zero-order chi connectivity index (χ0) is 22.1. The first-order valence-electron chi connectivity index (χ1n) is 11.0. The minimum Gasteiger partial charge on any atom is -0.437 e. The van der Waals surface area contributed by atoms with E-state index in [-0.39, 0.29) is 29.8 Å². The highest BCUT2D eigenvalue weighted by molar-refractivity contribution is 6.31. The van der Waals surface area contributed by atoms with Crippen molar-refractivity contribution >= 4 is 28.4 Å². The first kappa shape index (κ1) is 20.1. The van der Waals surface area contributed by atoms with E-state index in [4.69, 9.17) is 21.1 Å². The maximum Gasteiger partial charge on any atom is 0.238 e. The summed E-state index contributed by atoms with van der Waals surface area (Å²) in [6.07, 6.45) is 2.71. The van der Waals surface area contributed by atoms with Crippen molar-refractivity contribution in [2.75, 3.05) is 0 Å². The average Bonchev–Trinajstić information content (AvgIpc) is 3.43. The van der Waals surface area contributed by atoms with Gasteiger partial charge in [-0.15, -0.1) is 0 Å². The number of ketones is 1. The van der Waals surface area contributed by atoms with Gasteiger partial charge in [-0.25, -0.2) is 9.97 Å². The second-order valence-electron chi connectivity index (χ2n) is 9.18. The van der Waals surface area contributed by atoms with Crippen LogP contribution in [0.4, 0.5) is 0 Å². The van der Waals surface area contributed by atoms with Crippen molar-refractivity contribution < 1.29 is 19.4 Å². The second kappa shape index (κ2) is 7.24. The van der Waals surface area contributed by atoms with Gasteiger partial charge in [0.25, 0.3) is 0 Å². The van der Waals surface area contributed by atoms with Gasteiger partial charge in [-0.05, 0) is 73.7 Å². The van der Waals surface area contributed by atoms with Crippen molar-refractivity contribution in [2.24, 2.45) is 11.8 Å². The van der Waals surface area contributed by atoms with Gasteiger partial charge in [0.1, 0.15) is 11.5 Å². The van der Waals surface area contributed by atoms with Crippen LogP contribution >= 0.6 is 11.6 Å². The van der Waals surface area contributed by atoms with E-state index >= 15 is 0 Å². The zero-order valence-corrected chi connectivity index (χ0v) is 18.5. The van der Waals surface area contributed by atoms with Crippen molar-refractivity contribution in [3.63, 3.8) is 0 Å². The Kier molecular flexibility index (Phi) is 4.54. The lowest BCUT2D eigenvalue weighted by Crippen LogP contribution is -2.31. The van der Waals surface area contributed by atoms with E-state index < -0.39 is 12.0 Å². The Morgan fingerprint density at radius 3 is 2.59 bits per heavy atom. The summed E-state index contributed by atoms with van der Waals surface area (Å²) in [6, 6.07) is 9.12. The highest BCUT2D eigenvalue weighted by Gasteiger charge is 2.62. The van der Waals surface area contributed by atoms with Gasteiger partial charge >= 0.3 is 0 Å². The van der Waals surface area contributed by atoms with Gasteiger partial charge < -0.3 is 14.6 Å². The average molecular weight is 451 g/mol. The summed E-state index contributed by atoms with van der Waals surface area (Å²) < 4.78 is 11.9. The highest BCUT2D eigenvalue weighted by Crippen LogP contribution is 2.55. The fourth-order valence-electron chi connectivity index (χ4n) is 6.05. The lowest BCUT2D eigenvalue weighted by molar-refractivity contribution is -0.124. The molecule has 3 aliphatic rings. The minimum atomic E-state index is -0.704. The lowest BCUT2D eigenvalue weighted by atomic mass is 9.81. The maximum atomic E-state index is 13.3. The molecule has 7 heteroatoms. The molecule has 0 amide bonds. The largest absolute Gasteiger partial charge is 0.437 e. The number of ether oxygens (including phenoxy) is 2. The monoisotopic (exact) mass is 450 g/mol. The van der Waals surface area contributed by atoms with E-state index in [1.807, 2.05) is 26.0 Å². The predicted molar refractivity (Wildman–Crippen MR) is 119 cm³/mol. The van der Waals surface area contributed by atoms with Crippen LogP contribution in [0.1, 0.15) is 35.4 Å². The molecule has 1 N–H and O–H groups in total. The number of hydrogen-bond acceptors (Lipinski definition) is 6. The Morgan fingerprint density at radius 2 is 1.84 bits per heavy atom. The van der Waals surface area contributed by atoms with E-state index in [2.05, 4.69) is 9.97 Å². The topological polar surface area (TPSA) is 81.5 Å². The Labute approximate surface area is 190 Å². The SMILES string of the molecule is Cc1cc(Oc2cnc3cc(Cl)ccc3n2)cc(C)c1C1C(=O)C2C3CCC(O3)C2C1O. The normalized spacial score (nSPS) is 30.8. The van der Waals surface area contributed by atoms with Gasteiger partial charge in [0, 0.05) is 10.9 Å². The predicted octanol–water partition coefficient (Wildman–Crippen LogP) is 4.51. The minimum absolute atomic E-state index is 0.0125. The Hall–Kier alpha value is -2.54. The fourth-order valence-corrected chi connectivity index (χ4v) is 6.22. The summed E-state index contributed by atoms with van der Waals surface area (Å²) >= 11 is 6.01. The molecule has 6 rings (SSSR count). The number of aromatic nitrogens is 2. The summed E-state index contributed by atoms with van der Waals surface area (Å²) in [5.41, 5.74) is 4.14. The standard InChI is InChI=1S/C25H23ClN2O4/c1-11-7-14(31-19-10-27-16-9-13(26)3-4-15(16)28-19)8-12(2)20(11)23-24(29)21-17-5-6-18(32-17)22(21)25(23)30/h3-4,7-10,17-18,21-24,29H,5-6H2,1-2H3. The van der Waals surface area contributed by atoms with Crippen LogP contribution in [0.3, 0.4) is 0 Å². The van der Waals surface area contributed by atoms with Crippen LogP contribution < -0.4 is 4.74 Å². The second-order valence-corrected chi connectivity index (χ2v) is 9.61. The molecular weight excluding hydrogens is 428 g/mol. The lowest BCUT2D eigenvalue weighted by Gasteiger charge is -2.24. The number of Topliss-reactive ketones (excluding diaryl/α,β-unsaturated/α-hetero) is 1. The molecule has 2 aliphatic heterocycles. The van der Waals surface area contributed by atoms with Crippen LogP contribution in [-0.4, -0.2) is 39.2 Å². The molecule has 1 saturated carbocycles. The summed E-state index contributed by atoms with van der Waals surface area (Å²) in [4.78, 5) is 22.2. The number of aryl methyl sites for hydroxylation is 2. The number of benzene rings is 2. The molecule has 32 heavy (non-hydrogen) atoms. The van der Waals surface area contributed by atoms with Crippen LogP contribution in [0.15, 0.2) is 36.5 Å². The van der Waals surface area contributed by atoms with Gasteiger partial charge in [0.05, 0.1) is 47.4 Å². The maximum absolute atomic E-state index is 13.3. The molecule has 6 atom stereocenters. The molecular formula is C25H23ClN2O4. The number of carbonyl (C=O) groups excluding carboxylic acids is 1. The molecule has 1 aliphatic carbocycles. The molecule has 0 radical (unpaired) electrons. The molecule has 2 aromatic carbocycles. The van der Waals surface area contributed by atoms with Crippen molar-refractivity contribution in [3.05, 3.63) is 58.2 Å². The van der Waals surface area contributed by atoms with Gasteiger partial charge in [-0.1, -0.05) is 11.6 Å². The Morgan fingerprint density at radius 1 is 1.09 bits per heavy atom. The van der Waals surface area contributed by atoms with E-state index in [9.17, 15) is 9.90 Å². The molecule has 0 spiro atoms. The van der Waals surface area contributed by atoms with Gasteiger partial charge in [0.2, 0.25) is 5.88 Å². The molecule has 3 fully saturated rings. The van der Waals surface area contributed by atoms with Crippen molar-refractivity contribution in [1.29, 1.82) is 0 Å². The third-order valence-electron chi connectivity index (χ3n) is 7.28. The van der Waals surface area contributed by atoms with Crippen molar-refractivity contribution in [2.45, 2.75) is 50.9 Å². The van der Waals surface area contributed by atoms with Crippen LogP contribution in [0.25, 0.3) is 11.0 Å². The van der Waals surface area contributed by atoms with Crippen LogP contribution in [0.5, 0.6) is 11.6 Å². The van der Waals surface area contributed by atoms with E-state index in [0.29, 0.717) is 27.7 Å². The molecule has 6 unspecified atom stereocenters. The summed E-state index contributed by atoms with van der Waals surface area (Å²) in [7, 11) is 0. The van der Waals surface area contributed by atoms with Crippen molar-refractivity contribution in [3.8, 4) is 11.6 Å². The number of halogens is 1. The fraction of sp³-hybridized carbons (Fsp3) is 0.400. The smallest absolute Gasteiger partial charge is 0.238 e. The highest BCUT2D eigenvalue weighted by atomic mass is 35.5. The summed E-state index contributed by atoms with van der Waals surface area (Å²) in [5.74, 6) is 0.360. The molecule has 3 aromatic rings. The first-order valence-corrected chi connectivity index (χ1v) is 11.4. The molecule has 3 heterocycles. The molecule has 164 valence electrons. The van der Waals surface area contributed by atoms with Crippen LogP contribution in [0.2, 0.25) is 5.02 Å². The number of rotatable bonds is 3. The van der Waals surface area contributed by atoms with Crippen LogP contribution in [-0.2, 0) is 9.53 Å². The summed E-state index contributed by atoms with van der Waals surface area (Å²) in [5, 5.41) is 11.7. The molecule has 2 bridgehead atoms. The molecule has 1 aromatic heterocycles. The van der Waals surface area contributed by atoms with Gasteiger partial charge in [0.15, 0.2) is 0 Å². The number of aliphatic hydroxyl groups is 1. The Balaban J connectivity index is 1.31. The van der Waals surface area contributed by atoms with Crippen LogP contribution in [0, 0.1) is 25.7 Å². The third kappa shape index (κ3) is 2.97. The number of fused-ring (bicyclic) bond motifs is 6. The quantitative estimate of drug-likeness (QED) is 0.632. The number of nitrogens with zero attached hydrogens (tertiary/aromatic N) is 2. The van der Waals surface area contributed by atoms with Gasteiger partial charge in [-0.3, -0.25) is 4.79 Å².